The smallest absolute Gasteiger partial charge is 0.308 e. The van der Waals surface area contributed by atoms with Gasteiger partial charge in [-0.2, -0.15) is 0 Å². The van der Waals surface area contributed by atoms with E-state index in [0.29, 0.717) is 65.0 Å². The van der Waals surface area contributed by atoms with E-state index in [2.05, 4.69) is 65.8 Å². The fourth-order valence-electron chi connectivity index (χ4n) is 8.33. The molecule has 74 heavy (non-hydrogen) atoms. The van der Waals surface area contributed by atoms with Crippen LogP contribution in [0.15, 0.2) is 24.3 Å². The largest absolute Gasteiger partial charge is 0.465 e. The first-order valence-electron chi connectivity index (χ1n) is 30.0. The summed E-state index contributed by atoms with van der Waals surface area (Å²) >= 11 is 0. The maximum atomic E-state index is 13.3. The van der Waals surface area contributed by atoms with Crippen LogP contribution >= 0.6 is 0 Å². The van der Waals surface area contributed by atoms with E-state index >= 15 is 0 Å². The third-order valence-corrected chi connectivity index (χ3v) is 13.3. The van der Waals surface area contributed by atoms with E-state index in [4.69, 9.17) is 33.2 Å². The van der Waals surface area contributed by atoms with Gasteiger partial charge >= 0.3 is 29.8 Å². The predicted molar refractivity (Wildman–Crippen MR) is 296 cm³/mol. The topological polar surface area (TPSA) is 170 Å². The summed E-state index contributed by atoms with van der Waals surface area (Å²) in [5.41, 5.74) is -1.40. The maximum absolute atomic E-state index is 13.3. The molecule has 0 saturated heterocycles. The van der Waals surface area contributed by atoms with Crippen molar-refractivity contribution in [1.82, 2.24) is 0 Å². The molecule has 13 heteroatoms. The number of esters is 5. The summed E-state index contributed by atoms with van der Waals surface area (Å²) in [7, 11) is 0. The van der Waals surface area contributed by atoms with E-state index in [9.17, 15) is 29.1 Å². The number of allylic oxidation sites excluding steroid dienone is 4. The molecule has 0 heterocycles. The lowest BCUT2D eigenvalue weighted by Crippen LogP contribution is -2.42. The van der Waals surface area contributed by atoms with Crippen molar-refractivity contribution in [3.63, 3.8) is 0 Å². The lowest BCUT2D eigenvalue weighted by molar-refractivity contribution is -0.170. The van der Waals surface area contributed by atoms with Crippen molar-refractivity contribution in [1.29, 1.82) is 0 Å². The summed E-state index contributed by atoms with van der Waals surface area (Å²) in [6, 6.07) is 0. The average molecular weight is 1050 g/mol. The minimum absolute atomic E-state index is 0.00837. The molecule has 0 aromatic heterocycles. The minimum Gasteiger partial charge on any atom is -0.465 e. The van der Waals surface area contributed by atoms with Gasteiger partial charge in [-0.05, 0) is 116 Å². The first kappa shape index (κ1) is 70.7. The van der Waals surface area contributed by atoms with Gasteiger partial charge in [0.05, 0.1) is 43.5 Å². The van der Waals surface area contributed by atoms with Gasteiger partial charge < -0.3 is 38.3 Å². The van der Waals surface area contributed by atoms with Crippen LogP contribution < -0.4 is 0 Å². The van der Waals surface area contributed by atoms with Crippen molar-refractivity contribution < 1.29 is 62.2 Å². The van der Waals surface area contributed by atoms with Crippen molar-refractivity contribution in [3.05, 3.63) is 24.3 Å². The van der Waals surface area contributed by atoms with Crippen LogP contribution in [0.4, 0.5) is 0 Å². The molecule has 1 N–H and O–H groups in total. The maximum Gasteiger partial charge on any atom is 0.308 e. The van der Waals surface area contributed by atoms with Gasteiger partial charge in [-0.15, -0.1) is 0 Å². The molecule has 0 saturated carbocycles. The highest BCUT2D eigenvalue weighted by Gasteiger charge is 2.36. The molecule has 432 valence electrons. The van der Waals surface area contributed by atoms with Crippen molar-refractivity contribution in [2.24, 2.45) is 17.3 Å². The number of aliphatic hydroxyl groups is 1. The molecule has 0 radical (unpaired) electrons. The molecule has 0 fully saturated rings. The molecule has 0 aromatic rings. The van der Waals surface area contributed by atoms with Crippen LogP contribution in [0.1, 0.15) is 260 Å². The molecule has 13 nitrogen and oxygen atoms in total. The molecule has 0 amide bonds. The fraction of sp³-hybridized carbons (Fsp3) is 0.852. The minimum atomic E-state index is -1.40. The third kappa shape index (κ3) is 41.9. The van der Waals surface area contributed by atoms with Crippen LogP contribution in [0.2, 0.25) is 0 Å². The molecule has 0 aromatic carbocycles. The van der Waals surface area contributed by atoms with Gasteiger partial charge in [0.1, 0.15) is 19.8 Å². The number of rotatable bonds is 54. The summed E-state index contributed by atoms with van der Waals surface area (Å²) in [5, 5.41) is 10.8. The van der Waals surface area contributed by atoms with Crippen LogP contribution in [0.25, 0.3) is 0 Å². The van der Waals surface area contributed by atoms with Crippen molar-refractivity contribution in [2.75, 3.05) is 52.9 Å². The zero-order valence-corrected chi connectivity index (χ0v) is 48.1. The fourth-order valence-corrected chi connectivity index (χ4v) is 8.33. The number of ether oxygens (including phenoxy) is 7. The second kappa shape index (κ2) is 51.8. The van der Waals surface area contributed by atoms with Crippen molar-refractivity contribution in [3.8, 4) is 0 Å². The Balaban J connectivity index is 5.48. The number of unbranched alkanes of at least 4 members (excludes halogenated alkanes) is 16. The summed E-state index contributed by atoms with van der Waals surface area (Å²) in [6.07, 6.45) is 36.2. The highest BCUT2D eigenvalue weighted by molar-refractivity contribution is 5.73. The highest BCUT2D eigenvalue weighted by atomic mass is 16.7. The number of hydrogen-bond acceptors (Lipinski definition) is 13. The highest BCUT2D eigenvalue weighted by Crippen LogP contribution is 2.24. The van der Waals surface area contributed by atoms with Crippen molar-refractivity contribution in [2.45, 2.75) is 266 Å². The molecular formula is C61H110O13. The summed E-state index contributed by atoms with van der Waals surface area (Å²) in [4.78, 5) is 65.1. The van der Waals surface area contributed by atoms with Crippen LogP contribution in [-0.4, -0.2) is 94.1 Å². The molecule has 0 aliphatic carbocycles. The molecule has 2 unspecified atom stereocenters. The normalized spacial score (nSPS) is 13.3. The van der Waals surface area contributed by atoms with Crippen LogP contribution in [0.5, 0.6) is 0 Å². The van der Waals surface area contributed by atoms with E-state index in [0.717, 1.165) is 141 Å². The lowest BCUT2D eigenvalue weighted by atomic mass is 9.92. The van der Waals surface area contributed by atoms with Gasteiger partial charge in [0.25, 0.3) is 0 Å². The lowest BCUT2D eigenvalue weighted by Gasteiger charge is -2.30. The van der Waals surface area contributed by atoms with Gasteiger partial charge in [-0.25, -0.2) is 0 Å². The molecule has 2 atom stereocenters. The zero-order chi connectivity index (χ0) is 54.6. The second-order valence-corrected chi connectivity index (χ2v) is 20.4. The predicted octanol–water partition coefficient (Wildman–Crippen LogP) is 14.8. The summed E-state index contributed by atoms with van der Waals surface area (Å²) in [6.45, 7) is 12.8. The van der Waals surface area contributed by atoms with E-state index in [1.807, 2.05) is 0 Å². The first-order valence-corrected chi connectivity index (χ1v) is 30.0. The first-order chi connectivity index (χ1) is 36.0. The van der Waals surface area contributed by atoms with E-state index < -0.39 is 36.2 Å². The van der Waals surface area contributed by atoms with Gasteiger partial charge in [0.15, 0.2) is 6.29 Å². The number of carbonyl (C=O) groups is 5. The standard InChI is InChI=1S/C61H110O13/c1-7-13-19-23-25-33-45-68-58(69-46-34-26-24-20-14-8-2)44-43-57(65)74-52-61(49-62,50-72-55(63)41-31-27-35-47-70-59(66)53(37-17-11-5)39-29-21-15-9-3)51-73-56(64)42-32-28-36-48-71-60(67)54(38-18-12-6)40-30-22-16-10-4/h13-14,19-20,53-54,58,62H,7-12,15-18,21-52H2,1-6H3/b19-13-,20-14-. The van der Waals surface area contributed by atoms with E-state index in [1.165, 1.54) is 12.8 Å². The van der Waals surface area contributed by atoms with Crippen LogP contribution in [0, 0.1) is 17.3 Å². The van der Waals surface area contributed by atoms with Crippen molar-refractivity contribution >= 4 is 29.8 Å². The van der Waals surface area contributed by atoms with Gasteiger partial charge in [0.2, 0.25) is 0 Å². The molecule has 0 rings (SSSR count). The number of aliphatic hydroxyl groups excluding tert-OH is 1. The Morgan fingerprint density at radius 3 is 1.16 bits per heavy atom. The quantitative estimate of drug-likeness (QED) is 0.0201. The summed E-state index contributed by atoms with van der Waals surface area (Å²) in [5.74, 6) is -1.94. The van der Waals surface area contributed by atoms with Crippen LogP contribution in [0.3, 0.4) is 0 Å². The Bertz CT molecular complexity index is 1330. The molecule has 0 spiro atoms. The number of carbonyl (C=O) groups excluding carboxylic acids is 5. The molecule has 0 aliphatic heterocycles. The van der Waals surface area contributed by atoms with Gasteiger partial charge in [-0.3, -0.25) is 24.0 Å². The SMILES string of the molecule is CC/C=C\CCCCOC(CCC(=O)OCC(CO)(COC(=O)CCCCCOC(=O)C(CCCC)CCCCCC)COC(=O)CCCCCOC(=O)C(CCCC)CCCCCC)OCCCC/C=C\CC. The van der Waals surface area contributed by atoms with E-state index in [-0.39, 0.29) is 69.3 Å². The Morgan fingerprint density at radius 2 is 0.770 bits per heavy atom. The third-order valence-electron chi connectivity index (χ3n) is 13.3. The molecular weight excluding hydrogens is 941 g/mol. The van der Waals surface area contributed by atoms with Crippen LogP contribution in [-0.2, 0) is 57.1 Å². The van der Waals surface area contributed by atoms with E-state index in [1.54, 1.807) is 0 Å². The van der Waals surface area contributed by atoms with Gasteiger partial charge in [0, 0.05) is 32.5 Å². The van der Waals surface area contributed by atoms with Gasteiger partial charge in [-0.1, -0.05) is 143 Å². The molecule has 0 aliphatic rings. The Hall–Kier alpha value is -3.29. The number of hydrogen-bond donors (Lipinski definition) is 1. The Morgan fingerprint density at radius 1 is 0.392 bits per heavy atom. The monoisotopic (exact) mass is 1050 g/mol. The average Bonchev–Trinajstić information content (AvgIpc) is 3.40. The molecule has 0 bridgehead atoms. The second-order valence-electron chi connectivity index (χ2n) is 20.4. The Labute approximate surface area is 451 Å². The summed E-state index contributed by atoms with van der Waals surface area (Å²) < 4.78 is 40.5. The zero-order valence-electron chi connectivity index (χ0n) is 48.1. The Kier molecular flexibility index (Phi) is 49.5.